The van der Waals surface area contributed by atoms with Crippen molar-refractivity contribution >= 4 is 62.3 Å². The molecule has 2 aromatic carbocycles. The van der Waals surface area contributed by atoms with Gasteiger partial charge in [0.25, 0.3) is 10.0 Å². The van der Waals surface area contributed by atoms with Gasteiger partial charge in [0.1, 0.15) is 4.21 Å². The second-order valence-electron chi connectivity index (χ2n) is 7.38. The van der Waals surface area contributed by atoms with Crippen LogP contribution in [0.3, 0.4) is 0 Å². The van der Waals surface area contributed by atoms with Gasteiger partial charge in [-0.05, 0) is 42.5 Å². The molecule has 0 bridgehead atoms. The third kappa shape index (κ3) is 4.97. The Labute approximate surface area is 201 Å². The van der Waals surface area contributed by atoms with Gasteiger partial charge in [-0.25, -0.2) is 13.2 Å². The number of thiophene rings is 1. The number of halogens is 1. The highest BCUT2D eigenvalue weighted by molar-refractivity contribution is 7.94. The number of nitrogens with zero attached hydrogens (tertiary/aromatic N) is 3. The summed E-state index contributed by atoms with van der Waals surface area (Å²) < 4.78 is 28.2. The van der Waals surface area contributed by atoms with Crippen LogP contribution in [0.2, 0.25) is 4.34 Å². The predicted molar refractivity (Wildman–Crippen MR) is 134 cm³/mol. The predicted octanol–water partition coefficient (Wildman–Crippen LogP) is 5.23. The lowest BCUT2D eigenvalue weighted by Gasteiger charge is -2.19. The SMILES string of the molecule is CN1N=CCC1c1cc(S(=O)(=O)N(C)c2ccc(NC(=O)Nc3ccccc3)cc2)sc1Cl. The van der Waals surface area contributed by atoms with Crippen LogP contribution in [0.5, 0.6) is 0 Å². The highest BCUT2D eigenvalue weighted by Gasteiger charge is 2.29. The molecule has 1 aliphatic rings. The number of nitrogens with one attached hydrogen (secondary N) is 2. The summed E-state index contributed by atoms with van der Waals surface area (Å²) in [5, 5.41) is 11.4. The van der Waals surface area contributed by atoms with Crippen LogP contribution in [0.4, 0.5) is 21.9 Å². The Kier molecular flexibility index (Phi) is 6.59. The number of urea groups is 1. The van der Waals surface area contributed by atoms with E-state index in [9.17, 15) is 13.2 Å². The molecule has 0 radical (unpaired) electrons. The van der Waals surface area contributed by atoms with Gasteiger partial charge in [0.15, 0.2) is 0 Å². The second kappa shape index (κ2) is 9.42. The number of para-hydroxylation sites is 1. The van der Waals surface area contributed by atoms with E-state index in [-0.39, 0.29) is 10.3 Å². The van der Waals surface area contributed by atoms with E-state index in [1.807, 2.05) is 25.2 Å². The van der Waals surface area contributed by atoms with Crippen LogP contribution in [-0.4, -0.2) is 39.8 Å². The van der Waals surface area contributed by atoms with Crippen molar-refractivity contribution < 1.29 is 13.2 Å². The van der Waals surface area contributed by atoms with Crippen LogP contribution in [0.1, 0.15) is 18.0 Å². The first kappa shape index (κ1) is 23.1. The Hall–Kier alpha value is -3.08. The lowest BCUT2D eigenvalue weighted by molar-refractivity contribution is 0.262. The van der Waals surface area contributed by atoms with Gasteiger partial charge in [0, 0.05) is 43.7 Å². The van der Waals surface area contributed by atoms with Crippen molar-refractivity contribution in [1.82, 2.24) is 5.01 Å². The number of carbonyl (C=O) groups is 1. The van der Waals surface area contributed by atoms with Crippen LogP contribution in [0, 0.1) is 0 Å². The van der Waals surface area contributed by atoms with E-state index in [4.69, 9.17) is 11.6 Å². The maximum atomic E-state index is 13.2. The molecule has 4 rings (SSSR count). The molecule has 2 heterocycles. The number of hydrogen-bond acceptors (Lipinski definition) is 6. The number of amides is 2. The molecule has 0 spiro atoms. The highest BCUT2D eigenvalue weighted by Crippen LogP contribution is 2.40. The van der Waals surface area contributed by atoms with Gasteiger partial charge in [-0.15, -0.1) is 11.3 Å². The minimum Gasteiger partial charge on any atom is -0.308 e. The molecule has 2 N–H and O–H groups in total. The fourth-order valence-corrected chi connectivity index (χ4v) is 6.59. The molecule has 1 aromatic heterocycles. The number of benzene rings is 2. The molecule has 0 saturated heterocycles. The standard InChI is InChI=1S/C22H22ClN5O3S2/c1-27-19(12-13-24-27)18-14-20(32-21(18)23)33(30,31)28(2)17-10-8-16(9-11-17)26-22(29)25-15-6-4-3-5-7-15/h3-11,13-14,19H,12H2,1-2H3,(H2,25,26,29). The molecular weight excluding hydrogens is 482 g/mol. The molecule has 3 aromatic rings. The second-order valence-corrected chi connectivity index (χ2v) is 11.2. The third-order valence-electron chi connectivity index (χ3n) is 5.23. The van der Waals surface area contributed by atoms with Crippen LogP contribution in [-0.2, 0) is 10.0 Å². The Balaban J connectivity index is 1.46. The summed E-state index contributed by atoms with van der Waals surface area (Å²) in [5.74, 6) is 0. The number of carbonyl (C=O) groups excluding carboxylic acids is 1. The first-order valence-corrected chi connectivity index (χ1v) is 12.7. The average molecular weight is 504 g/mol. The van der Waals surface area contributed by atoms with Gasteiger partial charge in [-0.2, -0.15) is 5.10 Å². The maximum absolute atomic E-state index is 13.2. The number of rotatable bonds is 6. The normalized spacial score (nSPS) is 15.5. The summed E-state index contributed by atoms with van der Waals surface area (Å²) in [6.45, 7) is 0. The molecule has 0 fully saturated rings. The summed E-state index contributed by atoms with van der Waals surface area (Å²) in [6, 6.07) is 16.8. The van der Waals surface area contributed by atoms with E-state index >= 15 is 0 Å². The summed E-state index contributed by atoms with van der Waals surface area (Å²) in [6.07, 6.45) is 2.46. The third-order valence-corrected chi connectivity index (χ3v) is 8.85. The fourth-order valence-electron chi connectivity index (χ4n) is 3.40. The van der Waals surface area contributed by atoms with Crippen LogP contribution < -0.4 is 14.9 Å². The zero-order chi connectivity index (χ0) is 23.6. The summed E-state index contributed by atoms with van der Waals surface area (Å²) in [5.41, 5.74) is 2.40. The molecule has 8 nitrogen and oxygen atoms in total. The lowest BCUT2D eigenvalue weighted by atomic mass is 10.1. The van der Waals surface area contributed by atoms with Crippen LogP contribution in [0.25, 0.3) is 0 Å². The van der Waals surface area contributed by atoms with E-state index in [1.54, 1.807) is 53.7 Å². The van der Waals surface area contributed by atoms with Crippen LogP contribution in [0.15, 0.2) is 70.0 Å². The Morgan fingerprint density at radius 2 is 1.76 bits per heavy atom. The Morgan fingerprint density at radius 3 is 2.36 bits per heavy atom. The molecule has 1 unspecified atom stereocenters. The Bertz CT molecular complexity index is 1280. The monoisotopic (exact) mass is 503 g/mol. The van der Waals surface area contributed by atoms with Gasteiger partial charge >= 0.3 is 6.03 Å². The van der Waals surface area contributed by atoms with E-state index in [0.717, 1.165) is 16.9 Å². The number of anilines is 3. The van der Waals surface area contributed by atoms with Crippen molar-refractivity contribution in [3.05, 3.63) is 70.6 Å². The number of hydrazone groups is 1. The zero-order valence-electron chi connectivity index (χ0n) is 17.9. The van der Waals surface area contributed by atoms with E-state index in [1.165, 1.54) is 11.4 Å². The quantitative estimate of drug-likeness (QED) is 0.481. The van der Waals surface area contributed by atoms with Gasteiger partial charge in [0.2, 0.25) is 0 Å². The number of hydrogen-bond donors (Lipinski definition) is 2. The molecule has 11 heteroatoms. The van der Waals surface area contributed by atoms with Crippen molar-refractivity contribution in [2.24, 2.45) is 5.10 Å². The molecule has 2 amide bonds. The summed E-state index contributed by atoms with van der Waals surface area (Å²) >= 11 is 7.42. The molecule has 0 saturated carbocycles. The van der Waals surface area contributed by atoms with Gasteiger partial charge in [-0.1, -0.05) is 29.8 Å². The minimum absolute atomic E-state index is 0.0737. The summed E-state index contributed by atoms with van der Waals surface area (Å²) in [4.78, 5) is 12.2. The van der Waals surface area contributed by atoms with Gasteiger partial charge in [0.05, 0.1) is 16.1 Å². The van der Waals surface area contributed by atoms with Crippen molar-refractivity contribution in [2.75, 3.05) is 29.0 Å². The highest BCUT2D eigenvalue weighted by atomic mass is 35.5. The summed E-state index contributed by atoms with van der Waals surface area (Å²) in [7, 11) is -0.493. The smallest absolute Gasteiger partial charge is 0.308 e. The van der Waals surface area contributed by atoms with Crippen molar-refractivity contribution in [3.63, 3.8) is 0 Å². The largest absolute Gasteiger partial charge is 0.323 e. The van der Waals surface area contributed by atoms with Crippen molar-refractivity contribution in [2.45, 2.75) is 16.7 Å². The van der Waals surface area contributed by atoms with Gasteiger partial charge < -0.3 is 10.6 Å². The molecule has 1 atom stereocenters. The zero-order valence-corrected chi connectivity index (χ0v) is 20.3. The molecule has 1 aliphatic heterocycles. The maximum Gasteiger partial charge on any atom is 0.323 e. The van der Waals surface area contributed by atoms with Crippen molar-refractivity contribution in [1.29, 1.82) is 0 Å². The van der Waals surface area contributed by atoms with Gasteiger partial charge in [-0.3, -0.25) is 9.31 Å². The van der Waals surface area contributed by atoms with Crippen molar-refractivity contribution in [3.8, 4) is 0 Å². The van der Waals surface area contributed by atoms with E-state index < -0.39 is 16.1 Å². The first-order chi connectivity index (χ1) is 15.8. The molecular formula is C22H22ClN5O3S2. The minimum atomic E-state index is -3.81. The average Bonchev–Trinajstić information content (AvgIpc) is 3.39. The number of sulfonamides is 1. The molecule has 172 valence electrons. The lowest BCUT2D eigenvalue weighted by Crippen LogP contribution is -2.26. The van der Waals surface area contributed by atoms with Crippen LogP contribution >= 0.6 is 22.9 Å². The van der Waals surface area contributed by atoms with E-state index in [0.29, 0.717) is 27.8 Å². The Morgan fingerprint density at radius 1 is 1.12 bits per heavy atom. The first-order valence-electron chi connectivity index (χ1n) is 10.0. The fraction of sp³-hybridized carbons (Fsp3) is 0.182. The topological polar surface area (TPSA) is 94.1 Å². The molecule has 33 heavy (non-hydrogen) atoms. The van der Waals surface area contributed by atoms with E-state index in [2.05, 4.69) is 15.7 Å². The molecule has 0 aliphatic carbocycles.